The molecule has 2 aromatic carbocycles. The molecule has 1 atom stereocenters. The Morgan fingerprint density at radius 3 is 2.59 bits per heavy atom. The van der Waals surface area contributed by atoms with E-state index < -0.39 is 27.8 Å². The van der Waals surface area contributed by atoms with E-state index in [4.69, 9.17) is 0 Å². The topological polar surface area (TPSA) is 92.3 Å². The standard InChI is InChI=1S/C22H23FN4O3S2/c1-13-11-15(3)19(12-14(13)2)32(29,30)27-10-6-9-18(27)21-25-26-22(31-21)20(28)24-17-8-5-4-7-16(17)23/h4-5,7-8,11-12,18H,6,9-10H2,1-3H3,(H,24,28). The monoisotopic (exact) mass is 474 g/mol. The van der Waals surface area contributed by atoms with Gasteiger partial charge in [0.2, 0.25) is 15.0 Å². The minimum atomic E-state index is -3.75. The molecule has 2 heterocycles. The molecule has 168 valence electrons. The van der Waals surface area contributed by atoms with Crippen LogP contribution in [0.2, 0.25) is 0 Å². The lowest BCUT2D eigenvalue weighted by Crippen LogP contribution is -2.31. The summed E-state index contributed by atoms with van der Waals surface area (Å²) in [5.74, 6) is -1.14. The Morgan fingerprint density at radius 2 is 1.84 bits per heavy atom. The van der Waals surface area contributed by atoms with Crippen LogP contribution in [0, 0.1) is 26.6 Å². The van der Waals surface area contributed by atoms with E-state index in [2.05, 4.69) is 15.5 Å². The number of para-hydroxylation sites is 1. The molecular weight excluding hydrogens is 451 g/mol. The number of amides is 1. The number of hydrogen-bond donors (Lipinski definition) is 1. The highest BCUT2D eigenvalue weighted by Crippen LogP contribution is 2.38. The Morgan fingerprint density at radius 1 is 1.12 bits per heavy atom. The van der Waals surface area contributed by atoms with Gasteiger partial charge in [0.05, 0.1) is 16.6 Å². The smallest absolute Gasteiger partial charge is 0.286 e. The van der Waals surface area contributed by atoms with Gasteiger partial charge >= 0.3 is 0 Å². The Bertz CT molecular complexity index is 1290. The fourth-order valence-corrected chi connectivity index (χ4v) is 6.72. The molecule has 1 fully saturated rings. The summed E-state index contributed by atoms with van der Waals surface area (Å²) in [5, 5.41) is 11.0. The predicted octanol–water partition coefficient (Wildman–Crippen LogP) is 4.38. The second-order valence-corrected chi connectivity index (χ2v) is 10.7. The Balaban J connectivity index is 1.59. The van der Waals surface area contributed by atoms with Gasteiger partial charge in [-0.15, -0.1) is 10.2 Å². The number of benzene rings is 2. The maximum atomic E-state index is 13.8. The molecule has 1 saturated heterocycles. The highest BCUT2D eigenvalue weighted by atomic mass is 32.2. The van der Waals surface area contributed by atoms with E-state index in [9.17, 15) is 17.6 Å². The number of anilines is 1. The number of nitrogens with one attached hydrogen (secondary N) is 1. The first-order valence-corrected chi connectivity index (χ1v) is 12.4. The SMILES string of the molecule is Cc1cc(C)c(S(=O)(=O)N2CCCC2c2nnc(C(=O)Nc3ccccc3F)s2)cc1C. The van der Waals surface area contributed by atoms with Crippen molar-refractivity contribution in [1.29, 1.82) is 0 Å². The summed E-state index contributed by atoms with van der Waals surface area (Å²) in [7, 11) is -3.75. The average molecular weight is 475 g/mol. The van der Waals surface area contributed by atoms with Gasteiger partial charge in [0, 0.05) is 6.54 Å². The molecule has 32 heavy (non-hydrogen) atoms. The second kappa shape index (κ2) is 8.68. The lowest BCUT2D eigenvalue weighted by molar-refractivity contribution is 0.102. The zero-order valence-electron chi connectivity index (χ0n) is 17.9. The van der Waals surface area contributed by atoms with Crippen LogP contribution in [-0.2, 0) is 10.0 Å². The summed E-state index contributed by atoms with van der Waals surface area (Å²) in [6, 6.07) is 8.93. The molecule has 4 rings (SSSR count). The van der Waals surface area contributed by atoms with Crippen molar-refractivity contribution in [2.75, 3.05) is 11.9 Å². The zero-order valence-corrected chi connectivity index (χ0v) is 19.6. The molecule has 1 aliphatic rings. The van der Waals surface area contributed by atoms with Crippen molar-refractivity contribution in [3.05, 3.63) is 68.9 Å². The van der Waals surface area contributed by atoms with Crippen LogP contribution in [0.5, 0.6) is 0 Å². The first kappa shape index (κ1) is 22.5. The number of hydrogen-bond acceptors (Lipinski definition) is 6. The molecule has 1 amide bonds. The summed E-state index contributed by atoms with van der Waals surface area (Å²) >= 11 is 1.03. The molecule has 1 N–H and O–H groups in total. The number of aryl methyl sites for hydroxylation is 3. The fraction of sp³-hybridized carbons (Fsp3) is 0.318. The van der Waals surface area contributed by atoms with E-state index >= 15 is 0 Å². The predicted molar refractivity (Wildman–Crippen MR) is 121 cm³/mol. The van der Waals surface area contributed by atoms with Gasteiger partial charge in [-0.1, -0.05) is 29.5 Å². The highest BCUT2D eigenvalue weighted by Gasteiger charge is 2.39. The summed E-state index contributed by atoms with van der Waals surface area (Å²) in [6.07, 6.45) is 1.27. The van der Waals surface area contributed by atoms with Crippen molar-refractivity contribution in [2.24, 2.45) is 0 Å². The fourth-order valence-electron chi connectivity index (χ4n) is 3.81. The average Bonchev–Trinajstić information content (AvgIpc) is 3.42. The lowest BCUT2D eigenvalue weighted by atomic mass is 10.1. The third kappa shape index (κ3) is 4.17. The molecule has 0 bridgehead atoms. The van der Waals surface area contributed by atoms with Gasteiger partial charge < -0.3 is 5.32 Å². The minimum Gasteiger partial charge on any atom is -0.317 e. The first-order chi connectivity index (χ1) is 15.2. The minimum absolute atomic E-state index is 0.0459. The van der Waals surface area contributed by atoms with E-state index in [0.717, 1.165) is 22.5 Å². The zero-order chi connectivity index (χ0) is 23.0. The Kier molecular flexibility index (Phi) is 6.11. The normalized spacial score (nSPS) is 16.9. The number of carbonyl (C=O) groups is 1. The maximum absolute atomic E-state index is 13.8. The van der Waals surface area contributed by atoms with Crippen molar-refractivity contribution < 1.29 is 17.6 Å². The molecule has 0 spiro atoms. The second-order valence-electron chi connectivity index (χ2n) is 7.86. The third-order valence-electron chi connectivity index (χ3n) is 5.62. The molecule has 1 aromatic heterocycles. The molecule has 1 unspecified atom stereocenters. The summed E-state index contributed by atoms with van der Waals surface area (Å²) in [6.45, 7) is 6.00. The quantitative estimate of drug-likeness (QED) is 0.592. The van der Waals surface area contributed by atoms with Crippen molar-refractivity contribution in [3.63, 3.8) is 0 Å². The van der Waals surface area contributed by atoms with Gasteiger partial charge in [0.25, 0.3) is 5.91 Å². The molecule has 0 aliphatic carbocycles. The van der Waals surface area contributed by atoms with Crippen LogP contribution in [0.15, 0.2) is 41.3 Å². The van der Waals surface area contributed by atoms with Gasteiger partial charge in [-0.05, 0) is 68.5 Å². The van der Waals surface area contributed by atoms with Gasteiger partial charge in [-0.3, -0.25) is 4.79 Å². The summed E-state index contributed by atoms with van der Waals surface area (Å²) < 4.78 is 42.2. The van der Waals surface area contributed by atoms with Crippen LogP contribution in [-0.4, -0.2) is 35.4 Å². The summed E-state index contributed by atoms with van der Waals surface area (Å²) in [4.78, 5) is 12.8. The molecule has 7 nitrogen and oxygen atoms in total. The third-order valence-corrected chi connectivity index (χ3v) is 8.70. The van der Waals surface area contributed by atoms with Crippen LogP contribution in [0.25, 0.3) is 0 Å². The van der Waals surface area contributed by atoms with Crippen LogP contribution in [0.3, 0.4) is 0 Å². The lowest BCUT2D eigenvalue weighted by Gasteiger charge is -2.23. The van der Waals surface area contributed by atoms with Crippen LogP contribution in [0.1, 0.15) is 50.4 Å². The van der Waals surface area contributed by atoms with E-state index in [1.165, 1.54) is 22.5 Å². The van der Waals surface area contributed by atoms with Gasteiger partial charge in [0.15, 0.2) is 0 Å². The number of halogens is 1. The number of aromatic nitrogens is 2. The number of nitrogens with zero attached hydrogens (tertiary/aromatic N) is 3. The maximum Gasteiger partial charge on any atom is 0.286 e. The van der Waals surface area contributed by atoms with E-state index in [1.54, 1.807) is 19.1 Å². The van der Waals surface area contributed by atoms with Crippen molar-refractivity contribution >= 4 is 33.0 Å². The van der Waals surface area contributed by atoms with E-state index in [1.807, 2.05) is 19.9 Å². The van der Waals surface area contributed by atoms with Gasteiger partial charge in [-0.2, -0.15) is 4.31 Å². The first-order valence-electron chi connectivity index (χ1n) is 10.2. The van der Waals surface area contributed by atoms with E-state index in [-0.39, 0.29) is 15.6 Å². The summed E-state index contributed by atoms with van der Waals surface area (Å²) in [5.41, 5.74) is 2.69. The number of rotatable bonds is 5. The molecule has 0 saturated carbocycles. The van der Waals surface area contributed by atoms with Crippen LogP contribution in [0.4, 0.5) is 10.1 Å². The number of sulfonamides is 1. The molecular formula is C22H23FN4O3S2. The van der Waals surface area contributed by atoms with Crippen LogP contribution >= 0.6 is 11.3 Å². The molecule has 3 aromatic rings. The number of carbonyl (C=O) groups excluding carboxylic acids is 1. The molecule has 1 aliphatic heterocycles. The Labute approximate surface area is 190 Å². The Hall–Kier alpha value is -2.69. The van der Waals surface area contributed by atoms with Gasteiger partial charge in [-0.25, -0.2) is 12.8 Å². The highest BCUT2D eigenvalue weighted by molar-refractivity contribution is 7.89. The van der Waals surface area contributed by atoms with Crippen molar-refractivity contribution in [3.8, 4) is 0 Å². The van der Waals surface area contributed by atoms with Crippen molar-refractivity contribution in [2.45, 2.75) is 44.6 Å². The molecule has 0 radical (unpaired) electrons. The van der Waals surface area contributed by atoms with Gasteiger partial charge in [0.1, 0.15) is 10.8 Å². The largest absolute Gasteiger partial charge is 0.317 e. The van der Waals surface area contributed by atoms with Crippen molar-refractivity contribution in [1.82, 2.24) is 14.5 Å². The van der Waals surface area contributed by atoms with E-state index in [0.29, 0.717) is 30.0 Å². The van der Waals surface area contributed by atoms with Crippen LogP contribution < -0.4 is 5.32 Å². The molecule has 10 heteroatoms.